The molecule has 0 aliphatic heterocycles. The van der Waals surface area contributed by atoms with Gasteiger partial charge in [-0.05, 0) is 26.2 Å². The van der Waals surface area contributed by atoms with Gasteiger partial charge >= 0.3 is 0 Å². The number of ether oxygens (including phenoxy) is 1. The van der Waals surface area contributed by atoms with E-state index in [-0.39, 0.29) is 5.60 Å². The zero-order chi connectivity index (χ0) is 7.41. The largest absolute Gasteiger partial charge is 0.390 e. The van der Waals surface area contributed by atoms with Crippen LogP contribution in [0.3, 0.4) is 0 Å². The Labute approximate surface area is 61.2 Å². The van der Waals surface area contributed by atoms with Crippen LogP contribution in [-0.4, -0.2) is 23.4 Å². The van der Waals surface area contributed by atoms with Crippen LogP contribution in [0.2, 0.25) is 0 Å². The lowest BCUT2D eigenvalue weighted by Gasteiger charge is -2.16. The van der Waals surface area contributed by atoms with Gasteiger partial charge in [0.1, 0.15) is 0 Å². The van der Waals surface area contributed by atoms with E-state index in [4.69, 9.17) is 4.74 Å². The highest BCUT2D eigenvalue weighted by molar-refractivity contribution is 5.18. The highest BCUT2D eigenvalue weighted by Crippen LogP contribution is 2.62. The fourth-order valence-corrected chi connectivity index (χ4v) is 2.32. The van der Waals surface area contributed by atoms with Gasteiger partial charge in [0, 0.05) is 13.0 Å². The second-order valence-electron chi connectivity index (χ2n) is 3.88. The summed E-state index contributed by atoms with van der Waals surface area (Å²) in [4.78, 5) is 0. The third kappa shape index (κ3) is 0.611. The van der Waals surface area contributed by atoms with E-state index in [2.05, 4.69) is 0 Å². The highest BCUT2D eigenvalue weighted by Gasteiger charge is 2.67. The number of methoxy groups -OCH3 is 1. The monoisotopic (exact) mass is 142 g/mol. The summed E-state index contributed by atoms with van der Waals surface area (Å²) in [6.07, 6.45) is 3.02. The Morgan fingerprint density at radius 1 is 1.50 bits per heavy atom. The predicted octanol–water partition coefficient (Wildman–Crippen LogP) is 0.936. The molecule has 0 aromatic heterocycles. The predicted molar refractivity (Wildman–Crippen MR) is 37.7 cm³/mol. The lowest BCUT2D eigenvalue weighted by Crippen LogP contribution is -2.23. The fraction of sp³-hybridized carbons (Fsp3) is 1.00. The molecule has 0 saturated heterocycles. The van der Waals surface area contributed by atoms with E-state index in [1.165, 1.54) is 0 Å². The van der Waals surface area contributed by atoms with E-state index in [9.17, 15) is 5.11 Å². The van der Waals surface area contributed by atoms with E-state index >= 15 is 0 Å². The van der Waals surface area contributed by atoms with Crippen molar-refractivity contribution in [1.29, 1.82) is 0 Å². The van der Waals surface area contributed by atoms with Crippen LogP contribution in [0.4, 0.5) is 0 Å². The second-order valence-corrected chi connectivity index (χ2v) is 3.88. The molecular formula is C8H14O2. The van der Waals surface area contributed by atoms with Crippen LogP contribution in [0.25, 0.3) is 0 Å². The number of hydrogen-bond acceptors (Lipinski definition) is 2. The highest BCUT2D eigenvalue weighted by atomic mass is 16.5. The molecule has 0 aromatic rings. The van der Waals surface area contributed by atoms with Crippen molar-refractivity contribution in [2.45, 2.75) is 37.4 Å². The van der Waals surface area contributed by atoms with Gasteiger partial charge in [0.2, 0.25) is 0 Å². The molecule has 2 aliphatic carbocycles. The van der Waals surface area contributed by atoms with Crippen molar-refractivity contribution >= 4 is 0 Å². The lowest BCUT2D eigenvalue weighted by atomic mass is 10.0. The maximum Gasteiger partial charge on any atom is 0.0741 e. The number of fused-ring (bicyclic) bond motifs is 1. The molecule has 0 spiro atoms. The van der Waals surface area contributed by atoms with Crippen molar-refractivity contribution in [2.75, 3.05) is 7.11 Å². The summed E-state index contributed by atoms with van der Waals surface area (Å²) in [6.45, 7) is 1.92. The van der Waals surface area contributed by atoms with Gasteiger partial charge in [0.05, 0.1) is 11.2 Å². The molecule has 2 fully saturated rings. The Morgan fingerprint density at radius 2 is 2.20 bits per heavy atom. The van der Waals surface area contributed by atoms with Crippen LogP contribution in [0.1, 0.15) is 26.2 Å². The molecule has 0 aromatic carbocycles. The van der Waals surface area contributed by atoms with Crippen LogP contribution < -0.4 is 0 Å². The topological polar surface area (TPSA) is 29.5 Å². The molecule has 0 unspecified atom stereocenters. The minimum Gasteiger partial charge on any atom is -0.390 e. The van der Waals surface area contributed by atoms with Crippen molar-refractivity contribution in [3.05, 3.63) is 0 Å². The van der Waals surface area contributed by atoms with Crippen LogP contribution in [0.5, 0.6) is 0 Å². The molecule has 3 atom stereocenters. The fourth-order valence-electron chi connectivity index (χ4n) is 2.32. The average Bonchev–Trinajstić information content (AvgIpc) is 2.55. The number of rotatable bonds is 1. The first-order valence-electron chi connectivity index (χ1n) is 3.88. The molecule has 0 heterocycles. The quantitative estimate of drug-likeness (QED) is 0.590. The standard InChI is InChI=1S/C8H14O2/c1-7(9)3-4-8(10-2)5-6(7)8/h6,9H,3-5H2,1-2H3/t6-,7+,8+/m1/s1. The molecule has 2 saturated carbocycles. The summed E-state index contributed by atoms with van der Waals surface area (Å²) in [7, 11) is 1.75. The van der Waals surface area contributed by atoms with Gasteiger partial charge in [0.15, 0.2) is 0 Å². The minimum absolute atomic E-state index is 0.0868. The molecule has 0 radical (unpaired) electrons. The van der Waals surface area contributed by atoms with E-state index in [0.29, 0.717) is 5.92 Å². The van der Waals surface area contributed by atoms with Crippen LogP contribution in [-0.2, 0) is 4.74 Å². The van der Waals surface area contributed by atoms with Gasteiger partial charge in [-0.2, -0.15) is 0 Å². The molecule has 58 valence electrons. The van der Waals surface area contributed by atoms with E-state index in [0.717, 1.165) is 19.3 Å². The van der Waals surface area contributed by atoms with Gasteiger partial charge < -0.3 is 9.84 Å². The van der Waals surface area contributed by atoms with Crippen LogP contribution in [0, 0.1) is 5.92 Å². The Hall–Kier alpha value is -0.0800. The Kier molecular flexibility index (Phi) is 1.03. The molecule has 0 bridgehead atoms. The molecule has 2 rings (SSSR count). The SMILES string of the molecule is CO[C@]12CC[C@](C)(O)[C@H]1C2. The summed E-state index contributed by atoms with van der Waals surface area (Å²) >= 11 is 0. The third-order valence-corrected chi connectivity index (χ3v) is 3.24. The lowest BCUT2D eigenvalue weighted by molar-refractivity contribution is 0.0303. The molecule has 2 aliphatic rings. The Morgan fingerprint density at radius 3 is 2.40 bits per heavy atom. The minimum atomic E-state index is -0.435. The maximum absolute atomic E-state index is 9.72. The molecular weight excluding hydrogens is 128 g/mol. The summed E-state index contributed by atoms with van der Waals surface area (Å²) in [5, 5.41) is 9.72. The van der Waals surface area contributed by atoms with Crippen molar-refractivity contribution in [3.8, 4) is 0 Å². The normalized spacial score (nSPS) is 58.5. The zero-order valence-corrected chi connectivity index (χ0v) is 6.55. The van der Waals surface area contributed by atoms with Crippen molar-refractivity contribution in [3.63, 3.8) is 0 Å². The van der Waals surface area contributed by atoms with Crippen LogP contribution >= 0.6 is 0 Å². The summed E-state index contributed by atoms with van der Waals surface area (Å²) < 4.78 is 5.35. The van der Waals surface area contributed by atoms with Crippen molar-refractivity contribution in [1.82, 2.24) is 0 Å². The second kappa shape index (κ2) is 1.56. The smallest absolute Gasteiger partial charge is 0.0741 e. The number of aliphatic hydroxyl groups is 1. The van der Waals surface area contributed by atoms with Crippen LogP contribution in [0.15, 0.2) is 0 Å². The van der Waals surface area contributed by atoms with E-state index < -0.39 is 5.60 Å². The van der Waals surface area contributed by atoms with Crippen molar-refractivity contribution in [2.24, 2.45) is 5.92 Å². The summed E-state index contributed by atoms with van der Waals surface area (Å²) in [5.41, 5.74) is -0.348. The molecule has 0 amide bonds. The van der Waals surface area contributed by atoms with Gasteiger partial charge in [-0.15, -0.1) is 0 Å². The molecule has 10 heavy (non-hydrogen) atoms. The van der Waals surface area contributed by atoms with Gasteiger partial charge in [-0.3, -0.25) is 0 Å². The maximum atomic E-state index is 9.72. The van der Waals surface area contributed by atoms with Gasteiger partial charge in [-0.1, -0.05) is 0 Å². The average molecular weight is 142 g/mol. The number of hydrogen-bond donors (Lipinski definition) is 1. The first-order chi connectivity index (χ1) is 4.61. The van der Waals surface area contributed by atoms with E-state index in [1.807, 2.05) is 6.92 Å². The van der Waals surface area contributed by atoms with Gasteiger partial charge in [-0.25, -0.2) is 0 Å². The first-order valence-corrected chi connectivity index (χ1v) is 3.88. The first kappa shape index (κ1) is 6.62. The molecule has 2 heteroatoms. The Bertz CT molecular complexity index is 165. The van der Waals surface area contributed by atoms with Crippen molar-refractivity contribution < 1.29 is 9.84 Å². The summed E-state index contributed by atoms with van der Waals surface area (Å²) in [6, 6.07) is 0. The van der Waals surface area contributed by atoms with Gasteiger partial charge in [0.25, 0.3) is 0 Å². The molecule has 1 N–H and O–H groups in total. The third-order valence-electron chi connectivity index (χ3n) is 3.24. The Balaban J connectivity index is 2.15. The van der Waals surface area contributed by atoms with E-state index in [1.54, 1.807) is 7.11 Å². The zero-order valence-electron chi connectivity index (χ0n) is 6.55. The summed E-state index contributed by atoms with van der Waals surface area (Å²) in [5.74, 6) is 0.421. The molecule has 2 nitrogen and oxygen atoms in total.